The van der Waals surface area contributed by atoms with E-state index in [1.165, 1.54) is 26.4 Å². The smallest absolute Gasteiger partial charge is 0.407 e. The van der Waals surface area contributed by atoms with E-state index in [0.717, 1.165) is 22.3 Å². The molecule has 3 aromatic carbocycles. The first-order chi connectivity index (χ1) is 17.5. The molecule has 3 aromatic rings. The van der Waals surface area contributed by atoms with Gasteiger partial charge in [0.2, 0.25) is 0 Å². The molecule has 0 radical (unpaired) electrons. The summed E-state index contributed by atoms with van der Waals surface area (Å²) in [4.78, 5) is 23.8. The van der Waals surface area contributed by atoms with Gasteiger partial charge >= 0.3 is 6.09 Å². The molecule has 0 saturated heterocycles. The minimum Gasteiger partial charge on any atom is -0.493 e. The number of rotatable bonds is 10. The van der Waals surface area contributed by atoms with Crippen molar-refractivity contribution >= 4 is 12.4 Å². The van der Waals surface area contributed by atoms with Crippen LogP contribution in [-0.4, -0.2) is 56.1 Å². The molecule has 0 heterocycles. The number of aldehydes is 1. The van der Waals surface area contributed by atoms with Crippen molar-refractivity contribution in [3.63, 3.8) is 0 Å². The van der Waals surface area contributed by atoms with Crippen molar-refractivity contribution in [2.45, 2.75) is 24.5 Å². The average molecular weight is 492 g/mol. The summed E-state index contributed by atoms with van der Waals surface area (Å²) < 4.78 is 15.9. The molecular weight excluding hydrogens is 462 g/mol. The van der Waals surface area contributed by atoms with Crippen molar-refractivity contribution in [2.24, 2.45) is 0 Å². The number of hydrogen-bond donors (Lipinski definition) is 3. The largest absolute Gasteiger partial charge is 0.493 e. The zero-order chi connectivity index (χ0) is 25.7. The molecule has 8 heteroatoms. The summed E-state index contributed by atoms with van der Waals surface area (Å²) in [6.45, 7) is 0.248. The number of amides is 1. The van der Waals surface area contributed by atoms with Crippen molar-refractivity contribution < 1.29 is 34.0 Å². The lowest BCUT2D eigenvalue weighted by atomic mass is 9.97. The lowest BCUT2D eigenvalue weighted by Crippen LogP contribution is -2.31. The van der Waals surface area contributed by atoms with Crippen LogP contribution in [0.3, 0.4) is 0 Å². The molecule has 0 spiro atoms. The van der Waals surface area contributed by atoms with E-state index in [0.29, 0.717) is 17.8 Å². The third-order valence-corrected chi connectivity index (χ3v) is 6.45. The second-order valence-electron chi connectivity index (χ2n) is 8.51. The number of carbonyl (C=O) groups is 2. The Labute approximate surface area is 209 Å². The van der Waals surface area contributed by atoms with Crippen LogP contribution in [0.15, 0.2) is 60.7 Å². The number of methoxy groups -OCH3 is 2. The van der Waals surface area contributed by atoms with Crippen molar-refractivity contribution in [3.05, 3.63) is 82.9 Å². The molecule has 0 aromatic heterocycles. The number of carbonyl (C=O) groups excluding carboxylic acids is 2. The number of aliphatic hydroxyl groups is 2. The maximum absolute atomic E-state index is 12.3. The Bertz CT molecular complexity index is 1200. The highest BCUT2D eigenvalue weighted by molar-refractivity contribution is 5.80. The molecule has 2 atom stereocenters. The number of alkyl carbamates (subject to hydrolysis) is 1. The molecule has 36 heavy (non-hydrogen) atoms. The number of hydrogen-bond acceptors (Lipinski definition) is 7. The van der Waals surface area contributed by atoms with Gasteiger partial charge < -0.3 is 29.7 Å². The van der Waals surface area contributed by atoms with Crippen molar-refractivity contribution in [1.82, 2.24) is 5.32 Å². The zero-order valence-electron chi connectivity index (χ0n) is 20.1. The molecule has 0 aliphatic heterocycles. The molecule has 0 fully saturated rings. The number of benzene rings is 3. The van der Waals surface area contributed by atoms with E-state index in [9.17, 15) is 19.8 Å². The Morgan fingerprint density at radius 1 is 0.972 bits per heavy atom. The van der Waals surface area contributed by atoms with Gasteiger partial charge in [0.1, 0.15) is 12.7 Å². The van der Waals surface area contributed by atoms with Crippen LogP contribution in [0.2, 0.25) is 0 Å². The highest BCUT2D eigenvalue weighted by atomic mass is 16.5. The van der Waals surface area contributed by atoms with Gasteiger partial charge in [0.05, 0.1) is 20.3 Å². The maximum Gasteiger partial charge on any atom is 0.407 e. The van der Waals surface area contributed by atoms with Crippen LogP contribution in [0.25, 0.3) is 11.1 Å². The first kappa shape index (κ1) is 25.2. The molecule has 0 bridgehead atoms. The molecule has 0 saturated carbocycles. The van der Waals surface area contributed by atoms with Crippen LogP contribution in [0.4, 0.5) is 4.79 Å². The van der Waals surface area contributed by atoms with E-state index in [1.54, 1.807) is 0 Å². The van der Waals surface area contributed by atoms with Crippen LogP contribution in [0.1, 0.15) is 45.5 Å². The highest BCUT2D eigenvalue weighted by Gasteiger charge is 2.29. The molecule has 188 valence electrons. The Balaban J connectivity index is 1.32. The second kappa shape index (κ2) is 11.2. The van der Waals surface area contributed by atoms with Gasteiger partial charge in [-0.05, 0) is 46.4 Å². The molecule has 1 aliphatic carbocycles. The van der Waals surface area contributed by atoms with E-state index >= 15 is 0 Å². The molecule has 3 N–H and O–H groups in total. The fraction of sp³-hybridized carbons (Fsp3) is 0.286. The normalized spacial score (nSPS) is 13.8. The number of fused-ring (bicyclic) bond motifs is 3. The number of nitrogens with one attached hydrogen (secondary N) is 1. The SMILES string of the molecule is COc1cc(C=O)c(C(O)C(O)CCNC(=O)OCC2c3ccccc3-c3ccccc32)cc1OC. The van der Waals surface area contributed by atoms with Gasteiger partial charge in [0, 0.05) is 18.0 Å². The van der Waals surface area contributed by atoms with E-state index in [4.69, 9.17) is 14.2 Å². The standard InChI is InChI=1S/C28H29NO7/c1-34-25-13-17(15-30)22(14-26(25)35-2)27(32)24(31)11-12-29-28(33)36-16-23-20-9-5-3-7-18(20)19-8-4-6-10-21(19)23/h3-10,13-15,23-24,27,31-32H,11-12,16H2,1-2H3,(H,29,33). The first-order valence-corrected chi connectivity index (χ1v) is 11.6. The van der Waals surface area contributed by atoms with Crippen molar-refractivity contribution in [1.29, 1.82) is 0 Å². The molecule has 4 rings (SSSR count). The predicted octanol–water partition coefficient (Wildman–Crippen LogP) is 3.84. The van der Waals surface area contributed by atoms with Crippen LogP contribution in [-0.2, 0) is 4.74 Å². The van der Waals surface area contributed by atoms with Crippen LogP contribution < -0.4 is 14.8 Å². The Morgan fingerprint density at radius 2 is 1.56 bits per heavy atom. The predicted molar refractivity (Wildman–Crippen MR) is 134 cm³/mol. The summed E-state index contributed by atoms with van der Waals surface area (Å²) in [6, 6.07) is 19.0. The highest BCUT2D eigenvalue weighted by Crippen LogP contribution is 2.44. The maximum atomic E-state index is 12.3. The average Bonchev–Trinajstić information content (AvgIpc) is 3.24. The lowest BCUT2D eigenvalue weighted by Gasteiger charge is -2.21. The fourth-order valence-electron chi connectivity index (χ4n) is 4.61. The van der Waals surface area contributed by atoms with Crippen LogP contribution in [0.5, 0.6) is 11.5 Å². The van der Waals surface area contributed by atoms with Gasteiger partial charge in [-0.3, -0.25) is 4.79 Å². The molecular formula is C28H29NO7. The summed E-state index contributed by atoms with van der Waals surface area (Å²) in [5.74, 6) is 0.602. The summed E-state index contributed by atoms with van der Waals surface area (Å²) in [5.41, 5.74) is 4.89. The minimum absolute atomic E-state index is 0.0397. The van der Waals surface area contributed by atoms with E-state index in [-0.39, 0.29) is 36.6 Å². The Morgan fingerprint density at radius 3 is 2.14 bits per heavy atom. The minimum atomic E-state index is -1.37. The molecule has 1 amide bonds. The van der Waals surface area contributed by atoms with Crippen molar-refractivity contribution in [3.8, 4) is 22.6 Å². The zero-order valence-corrected chi connectivity index (χ0v) is 20.1. The van der Waals surface area contributed by atoms with E-state index < -0.39 is 18.3 Å². The Kier molecular flexibility index (Phi) is 7.87. The van der Waals surface area contributed by atoms with E-state index in [2.05, 4.69) is 17.4 Å². The monoisotopic (exact) mass is 491 g/mol. The van der Waals surface area contributed by atoms with E-state index in [1.807, 2.05) is 36.4 Å². The fourth-order valence-corrected chi connectivity index (χ4v) is 4.61. The van der Waals surface area contributed by atoms with Gasteiger partial charge in [-0.1, -0.05) is 48.5 Å². The van der Waals surface area contributed by atoms with Gasteiger partial charge in [0.25, 0.3) is 0 Å². The summed E-state index contributed by atoms with van der Waals surface area (Å²) in [5, 5.41) is 23.7. The van der Waals surface area contributed by atoms with Gasteiger partial charge in [-0.15, -0.1) is 0 Å². The molecule has 1 aliphatic rings. The topological polar surface area (TPSA) is 114 Å². The number of ether oxygens (including phenoxy) is 3. The quantitative estimate of drug-likeness (QED) is 0.369. The molecule has 8 nitrogen and oxygen atoms in total. The molecule has 2 unspecified atom stereocenters. The Hall–Kier alpha value is -3.88. The summed E-state index contributed by atoms with van der Waals surface area (Å²) in [7, 11) is 2.87. The van der Waals surface area contributed by atoms with Gasteiger partial charge in [-0.2, -0.15) is 0 Å². The van der Waals surface area contributed by atoms with Crippen molar-refractivity contribution in [2.75, 3.05) is 27.4 Å². The van der Waals surface area contributed by atoms with Crippen LogP contribution in [0, 0.1) is 0 Å². The summed E-state index contributed by atoms with van der Waals surface area (Å²) in [6.07, 6.45) is -2.61. The lowest BCUT2D eigenvalue weighted by molar-refractivity contribution is 0.0132. The third kappa shape index (κ3) is 5.05. The van der Waals surface area contributed by atoms with Crippen LogP contribution >= 0.6 is 0 Å². The van der Waals surface area contributed by atoms with Gasteiger partial charge in [-0.25, -0.2) is 4.79 Å². The summed E-state index contributed by atoms with van der Waals surface area (Å²) >= 11 is 0. The third-order valence-electron chi connectivity index (χ3n) is 6.45. The first-order valence-electron chi connectivity index (χ1n) is 11.6. The van der Waals surface area contributed by atoms with Gasteiger partial charge in [0.15, 0.2) is 17.8 Å². The second-order valence-corrected chi connectivity index (χ2v) is 8.51. The number of aliphatic hydroxyl groups excluding tert-OH is 2.